The Hall–Kier alpha value is -1.75. The van der Waals surface area contributed by atoms with Gasteiger partial charge in [0, 0.05) is 6.04 Å². The molecule has 0 aliphatic heterocycles. The molecule has 114 valence electrons. The topological polar surface area (TPSA) is 64.9 Å². The lowest BCUT2D eigenvalue weighted by Crippen LogP contribution is -2.44. The monoisotopic (exact) mass is 291 g/mol. The van der Waals surface area contributed by atoms with Crippen molar-refractivity contribution in [2.45, 2.75) is 46.1 Å². The standard InChI is InChI=1S/C16H22FN3O/c1-9(2)13(18)16(4,5)15-19-14(20-21-15)11-8-6-7-10(3)12(11)17/h6-9,13H,18H2,1-5H3. The summed E-state index contributed by atoms with van der Waals surface area (Å²) in [7, 11) is 0. The minimum atomic E-state index is -0.473. The molecule has 0 bridgehead atoms. The van der Waals surface area contributed by atoms with Gasteiger partial charge in [-0.25, -0.2) is 4.39 Å². The molecule has 1 aromatic heterocycles. The Morgan fingerprint density at radius 1 is 1.29 bits per heavy atom. The van der Waals surface area contributed by atoms with Crippen LogP contribution in [0.2, 0.25) is 0 Å². The van der Waals surface area contributed by atoms with Gasteiger partial charge in [-0.1, -0.05) is 31.1 Å². The van der Waals surface area contributed by atoms with Gasteiger partial charge in [0.15, 0.2) is 0 Å². The van der Waals surface area contributed by atoms with Gasteiger partial charge in [-0.3, -0.25) is 0 Å². The van der Waals surface area contributed by atoms with E-state index < -0.39 is 5.41 Å². The predicted octanol–water partition coefficient (Wildman–Crippen LogP) is 3.45. The van der Waals surface area contributed by atoms with Crippen LogP contribution in [0.1, 0.15) is 39.1 Å². The van der Waals surface area contributed by atoms with Crippen molar-refractivity contribution in [3.8, 4) is 11.4 Å². The normalized spacial score (nSPS) is 13.7. The van der Waals surface area contributed by atoms with E-state index in [9.17, 15) is 4.39 Å². The highest BCUT2D eigenvalue weighted by molar-refractivity contribution is 5.56. The molecule has 4 nitrogen and oxygen atoms in total. The lowest BCUT2D eigenvalue weighted by Gasteiger charge is -2.30. The zero-order valence-corrected chi connectivity index (χ0v) is 13.1. The van der Waals surface area contributed by atoms with Gasteiger partial charge in [0.1, 0.15) is 5.82 Å². The fourth-order valence-corrected chi connectivity index (χ4v) is 2.39. The fourth-order valence-electron chi connectivity index (χ4n) is 2.39. The Labute approximate surface area is 124 Å². The molecule has 2 aromatic rings. The van der Waals surface area contributed by atoms with Crippen LogP contribution in [0.5, 0.6) is 0 Å². The molecule has 0 aliphatic carbocycles. The lowest BCUT2D eigenvalue weighted by atomic mass is 9.79. The van der Waals surface area contributed by atoms with Crippen LogP contribution in [-0.4, -0.2) is 16.2 Å². The Morgan fingerprint density at radius 3 is 2.57 bits per heavy atom. The first-order chi connectivity index (χ1) is 9.75. The molecule has 0 aliphatic rings. The first kappa shape index (κ1) is 15.6. The molecule has 0 amide bonds. The highest BCUT2D eigenvalue weighted by Crippen LogP contribution is 2.30. The van der Waals surface area contributed by atoms with Gasteiger partial charge in [0.25, 0.3) is 0 Å². The third-order valence-electron chi connectivity index (χ3n) is 3.96. The van der Waals surface area contributed by atoms with E-state index in [2.05, 4.69) is 10.1 Å². The minimum absolute atomic E-state index is 0.131. The molecule has 0 fully saturated rings. The molecule has 0 spiro atoms. The van der Waals surface area contributed by atoms with Gasteiger partial charge >= 0.3 is 0 Å². The average Bonchev–Trinajstić information content (AvgIpc) is 2.91. The van der Waals surface area contributed by atoms with Crippen molar-refractivity contribution in [2.24, 2.45) is 11.7 Å². The SMILES string of the molecule is Cc1cccc(-c2noc(C(C)(C)C(N)C(C)C)n2)c1F. The maximum Gasteiger partial charge on any atom is 0.234 e. The summed E-state index contributed by atoms with van der Waals surface area (Å²) in [5.74, 6) is 0.636. The van der Waals surface area contributed by atoms with Crippen molar-refractivity contribution in [3.05, 3.63) is 35.5 Å². The molecule has 1 aromatic carbocycles. The van der Waals surface area contributed by atoms with E-state index in [1.807, 2.05) is 27.7 Å². The number of aromatic nitrogens is 2. The molecular formula is C16H22FN3O. The van der Waals surface area contributed by atoms with Gasteiger partial charge in [-0.2, -0.15) is 4.98 Å². The molecule has 1 atom stereocenters. The number of nitrogens with zero attached hydrogens (tertiary/aromatic N) is 2. The number of hydrogen-bond acceptors (Lipinski definition) is 4. The largest absolute Gasteiger partial charge is 0.338 e. The summed E-state index contributed by atoms with van der Waals surface area (Å²) in [4.78, 5) is 4.36. The second kappa shape index (κ2) is 5.56. The average molecular weight is 291 g/mol. The molecule has 0 saturated carbocycles. The minimum Gasteiger partial charge on any atom is -0.338 e. The third kappa shape index (κ3) is 2.83. The molecule has 5 heteroatoms. The smallest absolute Gasteiger partial charge is 0.234 e. The maximum atomic E-state index is 14.1. The number of hydrogen-bond donors (Lipinski definition) is 1. The molecule has 2 N–H and O–H groups in total. The highest BCUT2D eigenvalue weighted by atomic mass is 19.1. The van der Waals surface area contributed by atoms with Crippen LogP contribution in [0.25, 0.3) is 11.4 Å². The van der Waals surface area contributed by atoms with Crippen molar-refractivity contribution in [3.63, 3.8) is 0 Å². The van der Waals surface area contributed by atoms with E-state index in [1.165, 1.54) is 0 Å². The highest BCUT2D eigenvalue weighted by Gasteiger charge is 2.36. The molecule has 2 rings (SSSR count). The molecule has 1 heterocycles. The molecular weight excluding hydrogens is 269 g/mol. The van der Waals surface area contributed by atoms with Crippen LogP contribution >= 0.6 is 0 Å². The number of rotatable bonds is 4. The summed E-state index contributed by atoms with van der Waals surface area (Å²) in [6.45, 7) is 9.72. The van der Waals surface area contributed by atoms with Crippen molar-refractivity contribution in [2.75, 3.05) is 0 Å². The van der Waals surface area contributed by atoms with Crippen LogP contribution in [0.15, 0.2) is 22.7 Å². The quantitative estimate of drug-likeness (QED) is 0.937. The number of benzene rings is 1. The van der Waals surface area contributed by atoms with E-state index >= 15 is 0 Å². The third-order valence-corrected chi connectivity index (χ3v) is 3.96. The summed E-state index contributed by atoms with van der Waals surface area (Å²) >= 11 is 0. The van der Waals surface area contributed by atoms with Crippen LogP contribution in [-0.2, 0) is 5.41 Å². The van der Waals surface area contributed by atoms with Crippen molar-refractivity contribution < 1.29 is 8.91 Å². The first-order valence-corrected chi connectivity index (χ1v) is 7.10. The lowest BCUT2D eigenvalue weighted by molar-refractivity contribution is 0.243. The van der Waals surface area contributed by atoms with Gasteiger partial charge < -0.3 is 10.3 Å². The van der Waals surface area contributed by atoms with Gasteiger partial charge in [0.2, 0.25) is 11.7 Å². The van der Waals surface area contributed by atoms with Gasteiger partial charge in [-0.15, -0.1) is 0 Å². The predicted molar refractivity (Wildman–Crippen MR) is 80.3 cm³/mol. The number of nitrogens with two attached hydrogens (primary N) is 1. The van der Waals surface area contributed by atoms with Crippen LogP contribution in [0.3, 0.4) is 0 Å². The number of halogens is 1. The van der Waals surface area contributed by atoms with E-state index in [0.717, 1.165) is 0 Å². The van der Waals surface area contributed by atoms with Crippen molar-refractivity contribution in [1.82, 2.24) is 10.1 Å². The summed E-state index contributed by atoms with van der Waals surface area (Å²) in [5.41, 5.74) is 6.65. The zero-order chi connectivity index (χ0) is 15.8. The molecule has 1 unspecified atom stereocenters. The fraction of sp³-hybridized carbons (Fsp3) is 0.500. The van der Waals surface area contributed by atoms with Crippen molar-refractivity contribution in [1.29, 1.82) is 0 Å². The van der Waals surface area contributed by atoms with Gasteiger partial charge in [0.05, 0.1) is 11.0 Å². The molecule has 0 radical (unpaired) electrons. The van der Waals surface area contributed by atoms with E-state index in [4.69, 9.17) is 10.3 Å². The van der Waals surface area contributed by atoms with E-state index in [1.54, 1.807) is 25.1 Å². The summed E-state index contributed by atoms with van der Waals surface area (Å²) < 4.78 is 19.5. The summed E-state index contributed by atoms with van der Waals surface area (Å²) in [5, 5.41) is 3.91. The van der Waals surface area contributed by atoms with E-state index in [-0.39, 0.29) is 23.6 Å². The molecule has 21 heavy (non-hydrogen) atoms. The Bertz CT molecular complexity index is 634. The second-order valence-electron chi connectivity index (χ2n) is 6.35. The van der Waals surface area contributed by atoms with E-state index in [0.29, 0.717) is 17.0 Å². The molecule has 0 saturated heterocycles. The second-order valence-corrected chi connectivity index (χ2v) is 6.35. The van der Waals surface area contributed by atoms with Crippen molar-refractivity contribution >= 4 is 0 Å². The Kier molecular flexibility index (Phi) is 4.14. The van der Waals surface area contributed by atoms with Crippen LogP contribution in [0.4, 0.5) is 4.39 Å². The maximum absolute atomic E-state index is 14.1. The van der Waals surface area contributed by atoms with Crippen LogP contribution in [0, 0.1) is 18.7 Å². The summed E-state index contributed by atoms with van der Waals surface area (Å²) in [6.07, 6.45) is 0. The number of aryl methyl sites for hydroxylation is 1. The first-order valence-electron chi connectivity index (χ1n) is 7.10. The Balaban J connectivity index is 2.40. The van der Waals surface area contributed by atoms with Gasteiger partial charge in [-0.05, 0) is 38.3 Å². The van der Waals surface area contributed by atoms with Crippen LogP contribution < -0.4 is 5.73 Å². The zero-order valence-electron chi connectivity index (χ0n) is 13.1. The Morgan fingerprint density at radius 2 is 1.95 bits per heavy atom. The summed E-state index contributed by atoms with van der Waals surface area (Å²) in [6, 6.07) is 4.99.